The van der Waals surface area contributed by atoms with Crippen molar-refractivity contribution >= 4 is 23.4 Å². The van der Waals surface area contributed by atoms with Gasteiger partial charge in [0.1, 0.15) is 0 Å². The predicted octanol–water partition coefficient (Wildman–Crippen LogP) is 1.64. The fourth-order valence-electron chi connectivity index (χ4n) is 1.54. The van der Waals surface area contributed by atoms with E-state index in [1.165, 1.54) is 0 Å². The number of hydrogen-bond donors (Lipinski definition) is 3. The smallest absolute Gasteiger partial charge is 0.238 e. The SMILES string of the molecule is Cc1cccc(NC(=O)CNCCSCCCO)c1. The Balaban J connectivity index is 2.08. The fourth-order valence-corrected chi connectivity index (χ4v) is 2.37. The monoisotopic (exact) mass is 282 g/mol. The molecule has 0 unspecified atom stereocenters. The summed E-state index contributed by atoms with van der Waals surface area (Å²) in [6.07, 6.45) is 0.832. The summed E-state index contributed by atoms with van der Waals surface area (Å²) in [4.78, 5) is 11.6. The zero-order chi connectivity index (χ0) is 13.9. The molecule has 3 N–H and O–H groups in total. The number of carbonyl (C=O) groups excluding carboxylic acids is 1. The molecule has 0 saturated carbocycles. The van der Waals surface area contributed by atoms with Crippen molar-refractivity contribution in [1.82, 2.24) is 5.32 Å². The van der Waals surface area contributed by atoms with Crippen LogP contribution >= 0.6 is 11.8 Å². The highest BCUT2D eigenvalue weighted by atomic mass is 32.2. The molecule has 0 radical (unpaired) electrons. The first kappa shape index (κ1) is 16.0. The topological polar surface area (TPSA) is 61.4 Å². The molecule has 1 aromatic rings. The van der Waals surface area contributed by atoms with Gasteiger partial charge in [0.15, 0.2) is 0 Å². The lowest BCUT2D eigenvalue weighted by atomic mass is 10.2. The number of carbonyl (C=O) groups is 1. The van der Waals surface area contributed by atoms with Crippen molar-refractivity contribution in [3.63, 3.8) is 0 Å². The van der Waals surface area contributed by atoms with Crippen LogP contribution < -0.4 is 10.6 Å². The Hall–Kier alpha value is -1.04. The van der Waals surface area contributed by atoms with E-state index in [9.17, 15) is 4.79 Å². The van der Waals surface area contributed by atoms with Crippen LogP contribution in [0.25, 0.3) is 0 Å². The van der Waals surface area contributed by atoms with Gasteiger partial charge in [-0.3, -0.25) is 4.79 Å². The molecule has 0 heterocycles. The van der Waals surface area contributed by atoms with Gasteiger partial charge in [-0.1, -0.05) is 12.1 Å². The lowest BCUT2D eigenvalue weighted by molar-refractivity contribution is -0.115. The average Bonchev–Trinajstić information content (AvgIpc) is 2.37. The third kappa shape index (κ3) is 7.87. The average molecular weight is 282 g/mol. The number of thioether (sulfide) groups is 1. The van der Waals surface area contributed by atoms with Crippen molar-refractivity contribution in [3.8, 4) is 0 Å². The first-order valence-electron chi connectivity index (χ1n) is 6.48. The molecule has 0 saturated heterocycles. The molecule has 1 amide bonds. The summed E-state index contributed by atoms with van der Waals surface area (Å²) in [6, 6.07) is 7.76. The first-order chi connectivity index (χ1) is 9.22. The van der Waals surface area contributed by atoms with Gasteiger partial charge < -0.3 is 15.7 Å². The third-order valence-electron chi connectivity index (χ3n) is 2.46. The molecule has 0 aromatic heterocycles. The highest BCUT2D eigenvalue weighted by Gasteiger charge is 2.01. The first-order valence-corrected chi connectivity index (χ1v) is 7.63. The molecule has 0 spiro atoms. The Labute approximate surface area is 119 Å². The molecule has 5 heteroatoms. The van der Waals surface area contributed by atoms with E-state index >= 15 is 0 Å². The van der Waals surface area contributed by atoms with Crippen LogP contribution in [0.3, 0.4) is 0 Å². The maximum Gasteiger partial charge on any atom is 0.238 e. The van der Waals surface area contributed by atoms with Gasteiger partial charge in [0.05, 0.1) is 6.54 Å². The maximum absolute atomic E-state index is 11.6. The summed E-state index contributed by atoms with van der Waals surface area (Å²) < 4.78 is 0. The van der Waals surface area contributed by atoms with Crippen LogP contribution in [0.1, 0.15) is 12.0 Å². The van der Waals surface area contributed by atoms with Crippen molar-refractivity contribution in [2.75, 3.05) is 36.5 Å². The third-order valence-corrected chi connectivity index (χ3v) is 3.53. The van der Waals surface area contributed by atoms with E-state index in [-0.39, 0.29) is 12.5 Å². The minimum Gasteiger partial charge on any atom is -0.396 e. The van der Waals surface area contributed by atoms with Crippen LogP contribution in [0, 0.1) is 6.92 Å². The Kier molecular flexibility index (Phi) is 8.29. The molecule has 0 atom stereocenters. The number of anilines is 1. The van der Waals surface area contributed by atoms with Gasteiger partial charge in [0.2, 0.25) is 5.91 Å². The second-order valence-electron chi connectivity index (χ2n) is 4.28. The maximum atomic E-state index is 11.6. The quantitative estimate of drug-likeness (QED) is 0.603. The molecule has 4 nitrogen and oxygen atoms in total. The summed E-state index contributed by atoms with van der Waals surface area (Å²) >= 11 is 1.78. The van der Waals surface area contributed by atoms with E-state index < -0.39 is 0 Å². The minimum atomic E-state index is -0.0223. The minimum absolute atomic E-state index is 0.0223. The number of rotatable bonds is 9. The van der Waals surface area contributed by atoms with Crippen LogP contribution in [0.2, 0.25) is 0 Å². The fraction of sp³-hybridized carbons (Fsp3) is 0.500. The lowest BCUT2D eigenvalue weighted by Crippen LogP contribution is -2.29. The largest absolute Gasteiger partial charge is 0.396 e. The standard InChI is InChI=1S/C14H22N2O2S/c1-12-4-2-5-13(10-12)16-14(18)11-15-6-9-19-8-3-7-17/h2,4-5,10,15,17H,3,6-9,11H2,1H3,(H,16,18). The van der Waals surface area contributed by atoms with Gasteiger partial charge in [-0.2, -0.15) is 11.8 Å². The van der Waals surface area contributed by atoms with E-state index in [0.29, 0.717) is 6.54 Å². The highest BCUT2D eigenvalue weighted by Crippen LogP contribution is 2.08. The van der Waals surface area contributed by atoms with Gasteiger partial charge in [-0.05, 0) is 36.8 Å². The van der Waals surface area contributed by atoms with Crippen molar-refractivity contribution in [1.29, 1.82) is 0 Å². The molecule has 0 aliphatic heterocycles. The van der Waals surface area contributed by atoms with Crippen molar-refractivity contribution < 1.29 is 9.90 Å². The lowest BCUT2D eigenvalue weighted by Gasteiger charge is -2.07. The van der Waals surface area contributed by atoms with Gasteiger partial charge >= 0.3 is 0 Å². The molecule has 1 aromatic carbocycles. The molecule has 19 heavy (non-hydrogen) atoms. The number of aliphatic hydroxyl groups is 1. The van der Waals surface area contributed by atoms with Crippen LogP contribution in [-0.2, 0) is 4.79 Å². The Morgan fingerprint density at radius 1 is 1.37 bits per heavy atom. The van der Waals surface area contributed by atoms with Crippen molar-refractivity contribution in [2.24, 2.45) is 0 Å². The van der Waals surface area contributed by atoms with E-state index in [2.05, 4.69) is 10.6 Å². The van der Waals surface area contributed by atoms with Gasteiger partial charge in [-0.15, -0.1) is 0 Å². The van der Waals surface area contributed by atoms with Crippen molar-refractivity contribution in [2.45, 2.75) is 13.3 Å². The number of aryl methyl sites for hydroxylation is 1. The predicted molar refractivity (Wildman–Crippen MR) is 81.7 cm³/mol. The van der Waals surface area contributed by atoms with Gasteiger partial charge in [-0.25, -0.2) is 0 Å². The normalized spacial score (nSPS) is 10.4. The zero-order valence-electron chi connectivity index (χ0n) is 11.3. The van der Waals surface area contributed by atoms with E-state index in [4.69, 9.17) is 5.11 Å². The van der Waals surface area contributed by atoms with Crippen LogP contribution in [0.5, 0.6) is 0 Å². The second kappa shape index (κ2) is 9.83. The molecule has 0 aliphatic rings. The van der Waals surface area contributed by atoms with Crippen LogP contribution in [0.4, 0.5) is 5.69 Å². The molecular formula is C14H22N2O2S. The number of amides is 1. The number of hydrogen-bond acceptors (Lipinski definition) is 4. The molecule has 0 aliphatic carbocycles. The summed E-state index contributed by atoms with van der Waals surface area (Å²) in [6.45, 7) is 3.38. The van der Waals surface area contributed by atoms with Gasteiger partial charge in [0.25, 0.3) is 0 Å². The highest BCUT2D eigenvalue weighted by molar-refractivity contribution is 7.99. The summed E-state index contributed by atoms with van der Waals surface area (Å²) in [5, 5.41) is 14.6. The van der Waals surface area contributed by atoms with Crippen molar-refractivity contribution in [3.05, 3.63) is 29.8 Å². The molecule has 1 rings (SSSR count). The van der Waals surface area contributed by atoms with Gasteiger partial charge in [0, 0.05) is 24.6 Å². The Bertz CT molecular complexity index is 385. The summed E-state index contributed by atoms with van der Waals surface area (Å²) in [7, 11) is 0. The Morgan fingerprint density at radius 3 is 2.95 bits per heavy atom. The zero-order valence-corrected chi connectivity index (χ0v) is 12.1. The van der Waals surface area contributed by atoms with E-state index in [1.807, 2.05) is 31.2 Å². The van der Waals surface area contributed by atoms with E-state index in [1.54, 1.807) is 11.8 Å². The molecular weight excluding hydrogens is 260 g/mol. The second-order valence-corrected chi connectivity index (χ2v) is 5.51. The Morgan fingerprint density at radius 2 is 2.21 bits per heavy atom. The number of aliphatic hydroxyl groups excluding tert-OH is 1. The summed E-state index contributed by atoms with van der Waals surface area (Å²) in [5.41, 5.74) is 1.97. The molecule has 0 fully saturated rings. The van der Waals surface area contributed by atoms with Crippen LogP contribution in [-0.4, -0.2) is 42.2 Å². The molecule has 106 valence electrons. The number of nitrogens with one attached hydrogen (secondary N) is 2. The molecule has 0 bridgehead atoms. The summed E-state index contributed by atoms with van der Waals surface area (Å²) in [5.74, 6) is 1.90. The van der Waals surface area contributed by atoms with E-state index in [0.717, 1.165) is 35.7 Å². The van der Waals surface area contributed by atoms with Crippen LogP contribution in [0.15, 0.2) is 24.3 Å². The number of benzene rings is 1.